The van der Waals surface area contributed by atoms with E-state index in [1.165, 1.54) is 4.31 Å². The second-order valence-corrected chi connectivity index (χ2v) is 11.6. The Labute approximate surface area is 186 Å². The molecule has 0 aromatic carbocycles. The molecule has 0 heterocycles. The predicted molar refractivity (Wildman–Crippen MR) is 117 cm³/mol. The van der Waals surface area contributed by atoms with Crippen molar-refractivity contribution in [3.8, 4) is 0 Å². The Morgan fingerprint density at radius 2 is 1.55 bits per heavy atom. The Hall–Kier alpha value is -1.19. The molecule has 0 aliphatic heterocycles. The van der Waals surface area contributed by atoms with Gasteiger partial charge in [0.05, 0.1) is 23.8 Å². The van der Waals surface area contributed by atoms with Crippen molar-refractivity contribution < 1.29 is 27.9 Å². The monoisotopic (exact) mass is 458 g/mol. The van der Waals surface area contributed by atoms with Gasteiger partial charge in [0.1, 0.15) is 0 Å². The summed E-state index contributed by atoms with van der Waals surface area (Å²) < 4.78 is 34.0. The van der Waals surface area contributed by atoms with Gasteiger partial charge >= 0.3 is 5.97 Å². The normalized spacial score (nSPS) is 30.8. The van der Waals surface area contributed by atoms with Crippen LogP contribution < -0.4 is 5.32 Å². The van der Waals surface area contributed by atoms with E-state index < -0.39 is 16.0 Å². The first-order chi connectivity index (χ1) is 14.8. The number of nitrogens with one attached hydrogen (secondary N) is 1. The Morgan fingerprint density at radius 1 is 0.935 bits per heavy atom. The van der Waals surface area contributed by atoms with Crippen LogP contribution in [-0.4, -0.2) is 66.8 Å². The van der Waals surface area contributed by atoms with E-state index in [9.17, 15) is 18.0 Å². The van der Waals surface area contributed by atoms with E-state index in [-0.39, 0.29) is 41.8 Å². The van der Waals surface area contributed by atoms with E-state index in [0.717, 1.165) is 32.1 Å². The Bertz CT molecular complexity index is 706. The zero-order chi connectivity index (χ0) is 22.4. The molecule has 3 rings (SSSR count). The number of hydrogen-bond acceptors (Lipinski definition) is 5. The number of carbonyl (C=O) groups excluding carboxylic acids is 1. The maximum absolute atomic E-state index is 13.5. The largest absolute Gasteiger partial charge is 0.481 e. The van der Waals surface area contributed by atoms with Crippen LogP contribution >= 0.6 is 0 Å². The SMILES string of the molecule is COC1CCC(N(CC(=O)NC2CCC(C(=O)O)CC2)S(=O)(=O)C2CCCCC2)CC1. The quantitative estimate of drug-likeness (QED) is 0.578. The van der Waals surface area contributed by atoms with Crippen LogP contribution in [0.3, 0.4) is 0 Å². The summed E-state index contributed by atoms with van der Waals surface area (Å²) in [4.78, 5) is 24.0. The lowest BCUT2D eigenvalue weighted by molar-refractivity contribution is -0.142. The van der Waals surface area contributed by atoms with Crippen molar-refractivity contribution in [1.82, 2.24) is 9.62 Å². The molecule has 3 fully saturated rings. The highest BCUT2D eigenvalue weighted by atomic mass is 32.2. The summed E-state index contributed by atoms with van der Waals surface area (Å²) in [7, 11) is -1.86. The minimum atomic E-state index is -3.55. The fourth-order valence-electron chi connectivity index (χ4n) is 5.45. The van der Waals surface area contributed by atoms with E-state index in [0.29, 0.717) is 51.4 Å². The number of sulfonamides is 1. The fourth-order valence-corrected chi connectivity index (χ4v) is 7.69. The minimum Gasteiger partial charge on any atom is -0.481 e. The van der Waals surface area contributed by atoms with Crippen molar-refractivity contribution in [3.05, 3.63) is 0 Å². The number of aliphatic carboxylic acids is 1. The van der Waals surface area contributed by atoms with Gasteiger partial charge < -0.3 is 15.2 Å². The smallest absolute Gasteiger partial charge is 0.306 e. The number of rotatable bonds is 8. The van der Waals surface area contributed by atoms with Gasteiger partial charge in [0.25, 0.3) is 0 Å². The third-order valence-electron chi connectivity index (χ3n) is 7.43. The summed E-state index contributed by atoms with van der Waals surface area (Å²) in [6.45, 7) is -0.139. The number of amides is 1. The number of hydrogen-bond donors (Lipinski definition) is 2. The van der Waals surface area contributed by atoms with Crippen LogP contribution in [0.5, 0.6) is 0 Å². The first kappa shape index (κ1) is 24.5. The maximum Gasteiger partial charge on any atom is 0.306 e. The maximum atomic E-state index is 13.5. The van der Waals surface area contributed by atoms with Gasteiger partial charge in [-0.2, -0.15) is 4.31 Å². The van der Waals surface area contributed by atoms with Gasteiger partial charge in [0.2, 0.25) is 15.9 Å². The average Bonchev–Trinajstić information content (AvgIpc) is 2.78. The van der Waals surface area contributed by atoms with Crippen molar-refractivity contribution >= 4 is 21.9 Å². The van der Waals surface area contributed by atoms with Crippen LogP contribution in [0.25, 0.3) is 0 Å². The molecule has 0 spiro atoms. The molecule has 0 aromatic heterocycles. The number of carboxylic acids is 1. The average molecular weight is 459 g/mol. The van der Waals surface area contributed by atoms with Crippen LogP contribution in [-0.2, 0) is 24.3 Å². The fraction of sp³-hybridized carbons (Fsp3) is 0.909. The first-order valence-electron chi connectivity index (χ1n) is 11.9. The zero-order valence-electron chi connectivity index (χ0n) is 18.6. The predicted octanol–water partition coefficient (Wildman–Crippen LogP) is 2.67. The minimum absolute atomic E-state index is 0.0773. The summed E-state index contributed by atoms with van der Waals surface area (Å²) in [6, 6.07) is -0.238. The van der Waals surface area contributed by atoms with Crippen molar-refractivity contribution in [1.29, 1.82) is 0 Å². The molecule has 0 aromatic rings. The Balaban J connectivity index is 1.65. The Morgan fingerprint density at radius 3 is 2.10 bits per heavy atom. The van der Waals surface area contributed by atoms with Crippen LogP contribution in [0, 0.1) is 5.92 Å². The van der Waals surface area contributed by atoms with Crippen LogP contribution in [0.2, 0.25) is 0 Å². The van der Waals surface area contributed by atoms with E-state index >= 15 is 0 Å². The molecule has 3 saturated carbocycles. The van der Waals surface area contributed by atoms with E-state index in [1.807, 2.05) is 0 Å². The topological polar surface area (TPSA) is 113 Å². The highest BCUT2D eigenvalue weighted by Gasteiger charge is 2.40. The lowest BCUT2D eigenvalue weighted by Gasteiger charge is -2.38. The molecule has 0 unspecified atom stereocenters. The number of carboxylic acid groups (broad SMARTS) is 1. The van der Waals surface area contributed by atoms with E-state index in [1.54, 1.807) is 7.11 Å². The summed E-state index contributed by atoms with van der Waals surface area (Å²) >= 11 is 0. The van der Waals surface area contributed by atoms with Gasteiger partial charge in [-0.25, -0.2) is 8.42 Å². The van der Waals surface area contributed by atoms with Gasteiger partial charge in [-0.05, 0) is 64.2 Å². The second kappa shape index (κ2) is 11.1. The first-order valence-corrected chi connectivity index (χ1v) is 13.4. The summed E-state index contributed by atoms with van der Waals surface area (Å²) in [6.07, 6.45) is 9.80. The molecule has 0 saturated heterocycles. The molecule has 1 amide bonds. The summed E-state index contributed by atoms with van der Waals surface area (Å²) in [5.41, 5.74) is 0. The number of carbonyl (C=O) groups is 2. The van der Waals surface area contributed by atoms with Crippen LogP contribution in [0.15, 0.2) is 0 Å². The standard InChI is InChI=1S/C22H38N2O6S/c1-30-19-13-11-18(12-14-19)24(31(28,29)20-5-3-2-4-6-20)15-21(25)23-17-9-7-16(8-10-17)22(26)27/h16-20H,2-15H2,1H3,(H,23,25)(H,26,27). The van der Waals surface area contributed by atoms with Crippen molar-refractivity contribution in [2.45, 2.75) is 107 Å². The third kappa shape index (κ3) is 6.42. The summed E-state index contributed by atoms with van der Waals surface area (Å²) in [5.74, 6) is -1.39. The van der Waals surface area contributed by atoms with Gasteiger partial charge in [0, 0.05) is 19.2 Å². The highest BCUT2D eigenvalue weighted by molar-refractivity contribution is 7.89. The number of ether oxygens (including phenoxy) is 1. The van der Waals surface area contributed by atoms with Gasteiger partial charge in [-0.1, -0.05) is 19.3 Å². The van der Waals surface area contributed by atoms with Crippen molar-refractivity contribution in [3.63, 3.8) is 0 Å². The van der Waals surface area contributed by atoms with Gasteiger partial charge in [-0.15, -0.1) is 0 Å². The molecule has 2 N–H and O–H groups in total. The second-order valence-electron chi connectivity index (χ2n) is 9.47. The molecule has 0 bridgehead atoms. The summed E-state index contributed by atoms with van der Waals surface area (Å²) in [5, 5.41) is 11.7. The molecule has 9 heteroatoms. The van der Waals surface area contributed by atoms with Crippen LogP contribution in [0.1, 0.15) is 83.5 Å². The van der Waals surface area contributed by atoms with Gasteiger partial charge in [-0.3, -0.25) is 9.59 Å². The molecule has 3 aliphatic carbocycles. The van der Waals surface area contributed by atoms with Crippen LogP contribution in [0.4, 0.5) is 0 Å². The van der Waals surface area contributed by atoms with E-state index in [2.05, 4.69) is 5.32 Å². The third-order valence-corrected chi connectivity index (χ3v) is 9.82. The lowest BCUT2D eigenvalue weighted by atomic mass is 9.86. The molecule has 31 heavy (non-hydrogen) atoms. The molecular formula is C22H38N2O6S. The molecule has 8 nitrogen and oxygen atoms in total. The lowest BCUT2D eigenvalue weighted by Crippen LogP contribution is -2.52. The number of methoxy groups -OCH3 is 1. The zero-order valence-corrected chi connectivity index (χ0v) is 19.4. The molecule has 0 radical (unpaired) electrons. The molecule has 0 atom stereocenters. The molecule has 178 valence electrons. The van der Waals surface area contributed by atoms with Gasteiger partial charge in [0.15, 0.2) is 0 Å². The van der Waals surface area contributed by atoms with E-state index in [4.69, 9.17) is 9.84 Å². The molecular weight excluding hydrogens is 420 g/mol. The van der Waals surface area contributed by atoms with Crippen molar-refractivity contribution in [2.24, 2.45) is 5.92 Å². The molecule has 3 aliphatic rings. The highest BCUT2D eigenvalue weighted by Crippen LogP contribution is 2.32. The Kier molecular flexibility index (Phi) is 8.75. The van der Waals surface area contributed by atoms with Crippen molar-refractivity contribution in [2.75, 3.05) is 13.7 Å². The number of nitrogens with zero attached hydrogens (tertiary/aromatic N) is 1.